The fourth-order valence-corrected chi connectivity index (χ4v) is 13.2. The highest BCUT2D eigenvalue weighted by atomic mass is 35.5. The lowest BCUT2D eigenvalue weighted by molar-refractivity contribution is -0.160. The van der Waals surface area contributed by atoms with Crippen molar-refractivity contribution in [2.75, 3.05) is 24.6 Å². The van der Waals surface area contributed by atoms with Crippen LogP contribution in [-0.4, -0.2) is 60.6 Å². The van der Waals surface area contributed by atoms with Crippen molar-refractivity contribution >= 4 is 48.0 Å². The smallest absolute Gasteiger partial charge is 0.398 e. The number of carbonyl (C=O) groups excluding carboxylic acids is 2. The number of ether oxygens (including phenoxy) is 1. The van der Waals surface area contributed by atoms with Crippen LogP contribution in [0.25, 0.3) is 0 Å². The topological polar surface area (TPSA) is 84.7 Å². The van der Waals surface area contributed by atoms with E-state index >= 15 is 0 Å². The third-order valence-electron chi connectivity index (χ3n) is 12.1. The zero-order chi connectivity index (χ0) is 38.5. The highest BCUT2D eigenvalue weighted by Crippen LogP contribution is 2.60. The summed E-state index contributed by atoms with van der Waals surface area (Å²) in [5, 5.41) is 6.00. The van der Waals surface area contributed by atoms with E-state index in [1.165, 1.54) is 22.9 Å². The molecule has 4 aromatic rings. The van der Waals surface area contributed by atoms with Gasteiger partial charge in [-0.25, -0.2) is 0 Å². The molecule has 0 amide bonds. The number of piperidine rings is 1. The van der Waals surface area contributed by atoms with Gasteiger partial charge in [0.2, 0.25) is 0 Å². The molecule has 54 heavy (non-hydrogen) atoms. The van der Waals surface area contributed by atoms with E-state index in [2.05, 4.69) is 18.7 Å². The van der Waals surface area contributed by atoms with Crippen molar-refractivity contribution in [3.05, 3.63) is 106 Å². The largest absolute Gasteiger partial charge is 0.466 e. The van der Waals surface area contributed by atoms with E-state index < -0.39 is 36.8 Å². The third kappa shape index (κ3) is 6.59. The first-order chi connectivity index (χ1) is 25.7. The summed E-state index contributed by atoms with van der Waals surface area (Å²) < 4.78 is 50.1. The van der Waals surface area contributed by atoms with Gasteiger partial charge in [-0.15, -0.1) is 5.10 Å². The number of aromatic nitrogens is 2. The van der Waals surface area contributed by atoms with Gasteiger partial charge in [0.1, 0.15) is 0 Å². The Hall–Kier alpha value is -3.93. The van der Waals surface area contributed by atoms with Gasteiger partial charge in [-0.3, -0.25) is 9.59 Å². The Morgan fingerprint density at radius 2 is 1.59 bits per heavy atom. The van der Waals surface area contributed by atoms with Gasteiger partial charge >= 0.3 is 12.1 Å². The normalized spacial score (nSPS) is 20.0. The van der Waals surface area contributed by atoms with Crippen LogP contribution in [0, 0.1) is 11.8 Å². The number of alkyl halides is 3. The van der Waals surface area contributed by atoms with Crippen molar-refractivity contribution in [3.8, 4) is 0 Å². The molecular formula is C42H47ClF3N3O4Si. The Morgan fingerprint density at radius 1 is 0.963 bits per heavy atom. The summed E-state index contributed by atoms with van der Waals surface area (Å²) in [6.07, 6.45) is -0.808. The van der Waals surface area contributed by atoms with Crippen LogP contribution in [0.4, 0.5) is 19.0 Å². The zero-order valence-corrected chi connectivity index (χ0v) is 32.7. The quantitative estimate of drug-likeness (QED) is 0.132. The first kappa shape index (κ1) is 38.3. The molecule has 3 aliphatic rings. The Balaban J connectivity index is 1.27. The second kappa shape index (κ2) is 14.6. The maximum atomic E-state index is 14.4. The lowest BCUT2D eigenvalue weighted by Crippen LogP contribution is -2.66. The second-order valence-electron chi connectivity index (χ2n) is 15.8. The Morgan fingerprint density at radius 3 is 2.19 bits per heavy atom. The summed E-state index contributed by atoms with van der Waals surface area (Å²) in [6, 6.07) is 23.9. The molecule has 1 aromatic heterocycles. The van der Waals surface area contributed by atoms with Crippen molar-refractivity contribution in [3.63, 3.8) is 0 Å². The molecule has 12 heteroatoms. The van der Waals surface area contributed by atoms with Crippen molar-refractivity contribution < 1.29 is 32.3 Å². The summed E-state index contributed by atoms with van der Waals surface area (Å²) in [6.45, 7) is 7.12. The van der Waals surface area contributed by atoms with Gasteiger partial charge in [-0.05, 0) is 91.2 Å². The van der Waals surface area contributed by atoms with Gasteiger partial charge < -0.3 is 14.4 Å². The van der Waals surface area contributed by atoms with E-state index in [1.54, 1.807) is 6.92 Å². The molecule has 2 fully saturated rings. The van der Waals surface area contributed by atoms with Crippen LogP contribution in [-0.2, 0) is 27.8 Å². The summed E-state index contributed by atoms with van der Waals surface area (Å²) in [4.78, 5) is 43.1. The average molecular weight is 778 g/mol. The molecule has 0 spiro atoms. The minimum Gasteiger partial charge on any atom is -0.466 e. The number of rotatable bonds is 10. The molecule has 2 atom stereocenters. The molecule has 0 radical (unpaired) electrons. The van der Waals surface area contributed by atoms with Crippen molar-refractivity contribution in [1.29, 1.82) is 0 Å². The Bertz CT molecular complexity index is 1980. The standard InChI is InChI=1S/C42H47ClF3N3O4Si/c1-4-53-39(51)31-22-25-48(27-28(31)26-40(2,3)54(52,29-14-7-5-8-15-29)30-16-9-6-10-17-30)37-32-18-11-12-21-35(32)49(47-37)38(50)36-33(19-13-20-34(36)43)41(23-24-41)42(44,45)46/h5-10,13-17,19-20,28,31,52H,4,11-12,18,21-27H2,1-3H3/t28-,31-/m1/s1. The molecule has 3 aromatic carbocycles. The molecule has 0 bridgehead atoms. The highest BCUT2D eigenvalue weighted by Gasteiger charge is 2.65. The summed E-state index contributed by atoms with van der Waals surface area (Å²) in [7, 11) is -3.43. The fourth-order valence-electron chi connectivity index (χ4n) is 9.18. The van der Waals surface area contributed by atoms with Crippen LogP contribution in [0.3, 0.4) is 0 Å². The van der Waals surface area contributed by atoms with E-state index in [-0.39, 0.29) is 47.5 Å². The van der Waals surface area contributed by atoms with E-state index in [9.17, 15) is 27.6 Å². The second-order valence-corrected chi connectivity index (χ2v) is 20.1. The van der Waals surface area contributed by atoms with Crippen LogP contribution in [0.2, 0.25) is 10.1 Å². The van der Waals surface area contributed by atoms with Crippen LogP contribution in [0.5, 0.6) is 0 Å². The third-order valence-corrected chi connectivity index (χ3v) is 17.0. The number of esters is 1. The number of benzene rings is 3. The molecule has 1 saturated heterocycles. The van der Waals surface area contributed by atoms with Gasteiger partial charge in [0, 0.05) is 18.7 Å². The lowest BCUT2D eigenvalue weighted by atomic mass is 9.79. The maximum absolute atomic E-state index is 14.4. The number of hydrogen-bond donors (Lipinski definition) is 1. The molecule has 1 N–H and O–H groups in total. The van der Waals surface area contributed by atoms with Gasteiger partial charge in [0.25, 0.3) is 14.2 Å². The molecule has 2 aliphatic carbocycles. The monoisotopic (exact) mass is 777 g/mol. The minimum absolute atomic E-state index is 0.0272. The number of fused-ring (bicyclic) bond motifs is 1. The molecule has 286 valence electrons. The van der Waals surface area contributed by atoms with Crippen LogP contribution < -0.4 is 15.3 Å². The highest BCUT2D eigenvalue weighted by molar-refractivity contribution is 6.98. The molecular weight excluding hydrogens is 731 g/mol. The predicted octanol–water partition coefficient (Wildman–Crippen LogP) is 7.63. The van der Waals surface area contributed by atoms with Crippen molar-refractivity contribution in [1.82, 2.24) is 9.78 Å². The van der Waals surface area contributed by atoms with Gasteiger partial charge in [-0.2, -0.15) is 17.9 Å². The number of halogens is 4. The van der Waals surface area contributed by atoms with E-state index in [0.29, 0.717) is 50.3 Å². The van der Waals surface area contributed by atoms with Gasteiger partial charge in [0.15, 0.2) is 5.82 Å². The fraction of sp³-hybridized carbons (Fsp3) is 0.452. The number of hydrogen-bond acceptors (Lipinski definition) is 6. The van der Waals surface area contributed by atoms with E-state index in [0.717, 1.165) is 28.8 Å². The minimum atomic E-state index is -4.52. The maximum Gasteiger partial charge on any atom is 0.398 e. The van der Waals surface area contributed by atoms with Crippen LogP contribution in [0.15, 0.2) is 78.9 Å². The van der Waals surface area contributed by atoms with Crippen LogP contribution in [0.1, 0.15) is 86.5 Å². The lowest BCUT2D eigenvalue weighted by Gasteiger charge is -2.46. The first-order valence-electron chi connectivity index (χ1n) is 19.0. The first-order valence-corrected chi connectivity index (χ1v) is 21.3. The molecule has 7 rings (SSSR count). The molecule has 7 nitrogen and oxygen atoms in total. The summed E-state index contributed by atoms with van der Waals surface area (Å²) >= 11 is 6.57. The predicted molar refractivity (Wildman–Crippen MR) is 206 cm³/mol. The van der Waals surface area contributed by atoms with E-state index in [1.807, 2.05) is 60.7 Å². The molecule has 0 unspecified atom stereocenters. The summed E-state index contributed by atoms with van der Waals surface area (Å²) in [5.41, 5.74) is -0.739. The zero-order valence-electron chi connectivity index (χ0n) is 31.0. The summed E-state index contributed by atoms with van der Waals surface area (Å²) in [5.74, 6) is -0.970. The van der Waals surface area contributed by atoms with Gasteiger partial charge in [-0.1, -0.05) is 98.2 Å². The van der Waals surface area contributed by atoms with Crippen LogP contribution >= 0.6 is 11.6 Å². The Labute approximate surface area is 320 Å². The van der Waals surface area contributed by atoms with Crippen molar-refractivity contribution in [2.24, 2.45) is 11.8 Å². The van der Waals surface area contributed by atoms with Gasteiger partial charge in [0.05, 0.1) is 34.2 Å². The SMILES string of the molecule is CCOC(=O)[C@@H]1CCN(c2nn(C(=O)c3c(Cl)cccc3C3(C(F)(F)F)CC3)c3c2CCCC3)C[C@H]1CC(C)(C)[Si](O)(c1ccccc1)c1ccccc1. The Kier molecular flexibility index (Phi) is 10.4. The number of nitrogens with zero attached hydrogens (tertiary/aromatic N) is 3. The molecule has 2 heterocycles. The number of carbonyl (C=O) groups is 2. The number of anilines is 1. The average Bonchev–Trinajstić information content (AvgIpc) is 3.90. The van der Waals surface area contributed by atoms with E-state index in [4.69, 9.17) is 21.4 Å². The molecule has 1 aliphatic heterocycles. The molecule has 1 saturated carbocycles. The van der Waals surface area contributed by atoms with Crippen molar-refractivity contribution in [2.45, 2.75) is 88.8 Å².